The summed E-state index contributed by atoms with van der Waals surface area (Å²) in [5, 5.41) is 9.68. The Bertz CT molecular complexity index is 764. The molecule has 6 heteroatoms. The molecule has 0 bridgehead atoms. The van der Waals surface area contributed by atoms with Crippen LogP contribution in [0.2, 0.25) is 5.02 Å². The summed E-state index contributed by atoms with van der Waals surface area (Å²) >= 11 is 6.21. The zero-order valence-corrected chi connectivity index (χ0v) is 13.7. The van der Waals surface area contributed by atoms with E-state index in [-0.39, 0.29) is 5.91 Å². The first-order chi connectivity index (χ1) is 11.6. The van der Waals surface area contributed by atoms with Crippen molar-refractivity contribution in [2.75, 3.05) is 6.54 Å². The highest BCUT2D eigenvalue weighted by Crippen LogP contribution is 2.27. The largest absolute Gasteiger partial charge is 0.480 e. The Balaban J connectivity index is 1.96. The lowest BCUT2D eigenvalue weighted by Crippen LogP contribution is -2.48. The van der Waals surface area contributed by atoms with Gasteiger partial charge in [0.1, 0.15) is 6.04 Å². The first-order valence-electron chi connectivity index (χ1n) is 7.82. The standard InChI is InChI=1S/C18H17ClN2O3/c19-14-8-7-12(15-5-1-3-9-20-15)11-13(14)17(22)21-10-4-2-6-16(21)18(23)24/h1,3,5,7-9,11,16H,2,4,6,10H2,(H,23,24)/t16-/m1/s1. The Labute approximate surface area is 144 Å². The molecule has 2 heterocycles. The van der Waals surface area contributed by atoms with E-state index in [2.05, 4.69) is 4.98 Å². The lowest BCUT2D eigenvalue weighted by molar-refractivity contribution is -0.143. The molecule has 0 radical (unpaired) electrons. The van der Waals surface area contributed by atoms with Crippen molar-refractivity contribution in [2.24, 2.45) is 0 Å². The number of pyridine rings is 1. The minimum Gasteiger partial charge on any atom is -0.480 e. The van der Waals surface area contributed by atoms with E-state index in [4.69, 9.17) is 11.6 Å². The molecular weight excluding hydrogens is 328 g/mol. The van der Waals surface area contributed by atoms with Crippen molar-refractivity contribution in [2.45, 2.75) is 25.3 Å². The Kier molecular flexibility index (Phi) is 4.81. The number of benzene rings is 1. The third kappa shape index (κ3) is 3.26. The summed E-state index contributed by atoms with van der Waals surface area (Å²) in [4.78, 5) is 30.0. The summed E-state index contributed by atoms with van der Waals surface area (Å²) in [5.74, 6) is -1.31. The molecule has 1 fully saturated rings. The number of aliphatic carboxylic acids is 1. The number of carbonyl (C=O) groups is 2. The first kappa shape index (κ1) is 16.5. The number of hydrogen-bond acceptors (Lipinski definition) is 3. The molecule has 1 atom stereocenters. The quantitative estimate of drug-likeness (QED) is 0.925. The summed E-state index contributed by atoms with van der Waals surface area (Å²) in [6.45, 7) is 0.430. The lowest BCUT2D eigenvalue weighted by Gasteiger charge is -2.33. The summed E-state index contributed by atoms with van der Waals surface area (Å²) < 4.78 is 0. The summed E-state index contributed by atoms with van der Waals surface area (Å²) in [6, 6.07) is 9.87. The highest BCUT2D eigenvalue weighted by atomic mass is 35.5. The molecule has 1 aliphatic heterocycles. The Morgan fingerprint density at radius 2 is 2.04 bits per heavy atom. The molecule has 1 aromatic heterocycles. The van der Waals surface area contributed by atoms with Gasteiger partial charge in [-0.05, 0) is 43.5 Å². The van der Waals surface area contributed by atoms with E-state index < -0.39 is 12.0 Å². The van der Waals surface area contributed by atoms with E-state index >= 15 is 0 Å². The average Bonchev–Trinajstić information content (AvgIpc) is 2.62. The van der Waals surface area contributed by atoms with Crippen LogP contribution in [0, 0.1) is 0 Å². The lowest BCUT2D eigenvalue weighted by atomic mass is 10.00. The Morgan fingerprint density at radius 3 is 2.75 bits per heavy atom. The number of amides is 1. The molecule has 2 aromatic rings. The van der Waals surface area contributed by atoms with Crippen LogP contribution in [-0.4, -0.2) is 39.5 Å². The molecular formula is C18H17ClN2O3. The number of halogens is 1. The van der Waals surface area contributed by atoms with Gasteiger partial charge in [-0.15, -0.1) is 0 Å². The van der Waals surface area contributed by atoms with Crippen LogP contribution in [0.25, 0.3) is 11.3 Å². The fraction of sp³-hybridized carbons (Fsp3) is 0.278. The van der Waals surface area contributed by atoms with E-state index in [0.29, 0.717) is 23.6 Å². The van der Waals surface area contributed by atoms with Gasteiger partial charge in [-0.2, -0.15) is 0 Å². The number of piperidine rings is 1. The molecule has 5 nitrogen and oxygen atoms in total. The molecule has 3 rings (SSSR count). The van der Waals surface area contributed by atoms with Crippen molar-refractivity contribution in [3.8, 4) is 11.3 Å². The number of aromatic nitrogens is 1. The zero-order valence-electron chi connectivity index (χ0n) is 13.0. The molecule has 1 N–H and O–H groups in total. The van der Waals surface area contributed by atoms with Gasteiger partial charge in [0.25, 0.3) is 5.91 Å². The summed E-state index contributed by atoms with van der Waals surface area (Å²) in [6.07, 6.45) is 3.75. The molecule has 1 aromatic carbocycles. The minimum absolute atomic E-state index is 0.313. The number of nitrogens with zero attached hydrogens (tertiary/aromatic N) is 2. The van der Waals surface area contributed by atoms with Crippen LogP contribution in [0.3, 0.4) is 0 Å². The predicted molar refractivity (Wildman–Crippen MR) is 91.0 cm³/mol. The van der Waals surface area contributed by atoms with E-state index in [1.807, 2.05) is 18.2 Å². The normalized spacial score (nSPS) is 17.5. The van der Waals surface area contributed by atoms with E-state index in [1.54, 1.807) is 24.4 Å². The van der Waals surface area contributed by atoms with Gasteiger partial charge in [-0.1, -0.05) is 23.7 Å². The number of carbonyl (C=O) groups excluding carboxylic acids is 1. The maximum absolute atomic E-state index is 12.9. The molecule has 0 unspecified atom stereocenters. The Morgan fingerprint density at radius 1 is 1.21 bits per heavy atom. The number of carboxylic acid groups (broad SMARTS) is 1. The number of carboxylic acids is 1. The fourth-order valence-corrected chi connectivity index (χ4v) is 3.17. The smallest absolute Gasteiger partial charge is 0.326 e. The molecule has 0 spiro atoms. The number of hydrogen-bond donors (Lipinski definition) is 1. The van der Waals surface area contributed by atoms with E-state index in [1.165, 1.54) is 4.90 Å². The third-order valence-corrected chi connectivity index (χ3v) is 4.54. The second-order valence-corrected chi connectivity index (χ2v) is 6.17. The maximum atomic E-state index is 12.9. The molecule has 1 aliphatic rings. The van der Waals surface area contributed by atoms with Gasteiger partial charge >= 0.3 is 5.97 Å². The van der Waals surface area contributed by atoms with Crippen molar-refractivity contribution < 1.29 is 14.7 Å². The topological polar surface area (TPSA) is 70.5 Å². The van der Waals surface area contributed by atoms with Crippen LogP contribution in [0.1, 0.15) is 29.6 Å². The molecule has 1 saturated heterocycles. The van der Waals surface area contributed by atoms with Gasteiger partial charge in [-0.25, -0.2) is 4.79 Å². The van der Waals surface area contributed by atoms with E-state index in [0.717, 1.165) is 24.1 Å². The molecule has 24 heavy (non-hydrogen) atoms. The van der Waals surface area contributed by atoms with E-state index in [9.17, 15) is 14.7 Å². The van der Waals surface area contributed by atoms with Crippen molar-refractivity contribution in [1.29, 1.82) is 0 Å². The van der Waals surface area contributed by atoms with Crippen LogP contribution >= 0.6 is 11.6 Å². The van der Waals surface area contributed by atoms with Crippen LogP contribution in [-0.2, 0) is 4.79 Å². The molecule has 0 aliphatic carbocycles. The monoisotopic (exact) mass is 344 g/mol. The minimum atomic E-state index is -0.972. The van der Waals surface area contributed by atoms with Gasteiger partial charge in [-0.3, -0.25) is 9.78 Å². The second kappa shape index (κ2) is 7.01. The third-order valence-electron chi connectivity index (χ3n) is 4.21. The fourth-order valence-electron chi connectivity index (χ4n) is 2.97. The van der Waals surface area contributed by atoms with Crippen molar-refractivity contribution in [3.05, 3.63) is 53.2 Å². The SMILES string of the molecule is O=C(O)[C@H]1CCCCN1C(=O)c1cc(-c2ccccn2)ccc1Cl. The van der Waals surface area contributed by atoms with Crippen molar-refractivity contribution >= 4 is 23.5 Å². The van der Waals surface area contributed by atoms with Crippen LogP contribution in [0.15, 0.2) is 42.6 Å². The number of likely N-dealkylation sites (tertiary alicyclic amines) is 1. The predicted octanol–water partition coefficient (Wildman–Crippen LogP) is 3.48. The highest BCUT2D eigenvalue weighted by molar-refractivity contribution is 6.34. The number of rotatable bonds is 3. The molecule has 0 saturated carbocycles. The van der Waals surface area contributed by atoms with Crippen molar-refractivity contribution in [1.82, 2.24) is 9.88 Å². The van der Waals surface area contributed by atoms with Gasteiger partial charge in [0.15, 0.2) is 0 Å². The zero-order chi connectivity index (χ0) is 17.1. The Hall–Kier alpha value is -2.40. The second-order valence-electron chi connectivity index (χ2n) is 5.76. The van der Waals surface area contributed by atoms with Crippen LogP contribution < -0.4 is 0 Å². The first-order valence-corrected chi connectivity index (χ1v) is 8.20. The van der Waals surface area contributed by atoms with Gasteiger partial charge < -0.3 is 10.0 Å². The molecule has 124 valence electrons. The van der Waals surface area contributed by atoms with Gasteiger partial charge in [0.05, 0.1) is 16.3 Å². The van der Waals surface area contributed by atoms with Crippen LogP contribution in [0.4, 0.5) is 0 Å². The highest BCUT2D eigenvalue weighted by Gasteiger charge is 2.33. The van der Waals surface area contributed by atoms with Crippen molar-refractivity contribution in [3.63, 3.8) is 0 Å². The summed E-state index contributed by atoms with van der Waals surface area (Å²) in [7, 11) is 0. The molecule has 1 amide bonds. The van der Waals surface area contributed by atoms with Gasteiger partial charge in [0.2, 0.25) is 0 Å². The van der Waals surface area contributed by atoms with Crippen LogP contribution in [0.5, 0.6) is 0 Å². The van der Waals surface area contributed by atoms with Gasteiger partial charge in [0, 0.05) is 18.3 Å². The maximum Gasteiger partial charge on any atom is 0.326 e. The summed E-state index contributed by atoms with van der Waals surface area (Å²) in [5.41, 5.74) is 1.82. The average molecular weight is 345 g/mol.